The van der Waals surface area contributed by atoms with E-state index in [1.165, 1.54) is 11.1 Å². The minimum Gasteiger partial charge on any atom is -0.497 e. The molecule has 0 aliphatic heterocycles. The molecule has 0 amide bonds. The highest BCUT2D eigenvalue weighted by atomic mass is 16.5. The van der Waals surface area contributed by atoms with Crippen molar-refractivity contribution in [3.63, 3.8) is 0 Å². The zero-order valence-corrected chi connectivity index (χ0v) is 11.9. The zero-order valence-electron chi connectivity index (χ0n) is 11.9. The normalized spacial score (nSPS) is 23.8. The maximum Gasteiger partial charge on any atom is 0.119 e. The summed E-state index contributed by atoms with van der Waals surface area (Å²) in [5.74, 6) is 0.887. The second kappa shape index (κ2) is 6.37. The number of rotatable bonds is 5. The molecule has 1 aromatic rings. The van der Waals surface area contributed by atoms with E-state index in [4.69, 9.17) is 19.9 Å². The summed E-state index contributed by atoms with van der Waals surface area (Å²) < 4.78 is 16.3. The maximum atomic E-state index is 6.32. The summed E-state index contributed by atoms with van der Waals surface area (Å²) in [4.78, 5) is 0. The van der Waals surface area contributed by atoms with Crippen LogP contribution in [0, 0.1) is 0 Å². The molecule has 3 atom stereocenters. The molecule has 0 saturated carbocycles. The molecule has 0 fully saturated rings. The number of methoxy groups -OCH3 is 2. The van der Waals surface area contributed by atoms with Crippen LogP contribution in [0.5, 0.6) is 5.75 Å². The van der Waals surface area contributed by atoms with E-state index in [1.54, 1.807) is 14.2 Å². The third-order valence-corrected chi connectivity index (χ3v) is 3.62. The fourth-order valence-electron chi connectivity index (χ4n) is 2.65. The second-order valence-electron chi connectivity index (χ2n) is 5.07. The first kappa shape index (κ1) is 14.3. The van der Waals surface area contributed by atoms with E-state index >= 15 is 0 Å². The molecule has 106 valence electrons. The Kier molecular flexibility index (Phi) is 4.80. The fourth-order valence-corrected chi connectivity index (χ4v) is 2.65. The van der Waals surface area contributed by atoms with Gasteiger partial charge in [0.25, 0.3) is 0 Å². The van der Waals surface area contributed by atoms with Crippen molar-refractivity contribution in [1.29, 1.82) is 0 Å². The molecule has 1 aromatic carbocycles. The third-order valence-electron chi connectivity index (χ3n) is 3.62. The highest BCUT2D eigenvalue weighted by Gasteiger charge is 2.28. The molecule has 2 rings (SSSR count). The Labute approximate surface area is 114 Å². The van der Waals surface area contributed by atoms with Crippen molar-refractivity contribution in [2.24, 2.45) is 5.73 Å². The molecule has 0 heterocycles. The first-order valence-corrected chi connectivity index (χ1v) is 6.72. The smallest absolute Gasteiger partial charge is 0.119 e. The van der Waals surface area contributed by atoms with Gasteiger partial charge in [-0.25, -0.2) is 0 Å². The summed E-state index contributed by atoms with van der Waals surface area (Å²) in [5.41, 5.74) is 8.76. The summed E-state index contributed by atoms with van der Waals surface area (Å²) in [5, 5.41) is 0. The van der Waals surface area contributed by atoms with Crippen molar-refractivity contribution in [3.8, 4) is 5.75 Å². The number of benzene rings is 1. The standard InChI is InChI=1S/C15H23NO3/c1-10(9-17-2)19-14-7-4-11-8-12(18-3)5-6-13(11)15(14)16/h5-6,8,10,14-15H,4,7,9,16H2,1-3H3. The quantitative estimate of drug-likeness (QED) is 0.885. The maximum absolute atomic E-state index is 6.32. The molecule has 1 aliphatic rings. The summed E-state index contributed by atoms with van der Waals surface area (Å²) in [6.07, 6.45) is 2.05. The van der Waals surface area contributed by atoms with Crippen LogP contribution in [0.15, 0.2) is 18.2 Å². The van der Waals surface area contributed by atoms with Crippen molar-refractivity contribution in [2.75, 3.05) is 20.8 Å². The lowest BCUT2D eigenvalue weighted by atomic mass is 9.86. The van der Waals surface area contributed by atoms with Crippen molar-refractivity contribution in [3.05, 3.63) is 29.3 Å². The molecule has 4 nitrogen and oxygen atoms in total. The van der Waals surface area contributed by atoms with Crippen LogP contribution in [0.4, 0.5) is 0 Å². The van der Waals surface area contributed by atoms with Gasteiger partial charge in [0.15, 0.2) is 0 Å². The van der Waals surface area contributed by atoms with Crippen LogP contribution in [0.2, 0.25) is 0 Å². The average Bonchev–Trinajstić information content (AvgIpc) is 2.42. The van der Waals surface area contributed by atoms with Crippen molar-refractivity contribution >= 4 is 0 Å². The predicted molar refractivity (Wildman–Crippen MR) is 74.5 cm³/mol. The molecule has 0 radical (unpaired) electrons. The number of hydrogen-bond donors (Lipinski definition) is 1. The minimum atomic E-state index is -0.0750. The van der Waals surface area contributed by atoms with Crippen LogP contribution >= 0.6 is 0 Å². The predicted octanol–water partition coefficient (Wildman–Crippen LogP) is 2.06. The van der Waals surface area contributed by atoms with Gasteiger partial charge in [-0.1, -0.05) is 6.07 Å². The van der Waals surface area contributed by atoms with Crippen molar-refractivity contribution in [1.82, 2.24) is 0 Å². The summed E-state index contributed by atoms with van der Waals surface area (Å²) in [6.45, 7) is 2.61. The van der Waals surface area contributed by atoms with Crippen LogP contribution in [0.25, 0.3) is 0 Å². The largest absolute Gasteiger partial charge is 0.497 e. The van der Waals surface area contributed by atoms with Gasteiger partial charge in [-0.2, -0.15) is 0 Å². The Morgan fingerprint density at radius 1 is 1.37 bits per heavy atom. The summed E-state index contributed by atoms with van der Waals surface area (Å²) in [7, 11) is 3.37. The Morgan fingerprint density at radius 3 is 2.84 bits per heavy atom. The molecule has 0 bridgehead atoms. The highest BCUT2D eigenvalue weighted by Crippen LogP contribution is 2.33. The monoisotopic (exact) mass is 265 g/mol. The van der Waals surface area contributed by atoms with Gasteiger partial charge in [0.1, 0.15) is 5.75 Å². The molecule has 0 aromatic heterocycles. The number of aryl methyl sites for hydroxylation is 1. The molecular weight excluding hydrogens is 242 g/mol. The highest BCUT2D eigenvalue weighted by molar-refractivity contribution is 5.39. The molecule has 0 spiro atoms. The average molecular weight is 265 g/mol. The van der Waals surface area contributed by atoms with Crippen LogP contribution in [0.1, 0.15) is 30.5 Å². The molecule has 2 N–H and O–H groups in total. The Hall–Kier alpha value is -1.10. The number of hydrogen-bond acceptors (Lipinski definition) is 4. The fraction of sp³-hybridized carbons (Fsp3) is 0.600. The van der Waals surface area contributed by atoms with Crippen LogP contribution in [0.3, 0.4) is 0 Å². The lowest BCUT2D eigenvalue weighted by Crippen LogP contribution is -2.36. The van der Waals surface area contributed by atoms with Crippen LogP contribution < -0.4 is 10.5 Å². The van der Waals surface area contributed by atoms with Gasteiger partial charge >= 0.3 is 0 Å². The van der Waals surface area contributed by atoms with Crippen LogP contribution in [-0.4, -0.2) is 33.0 Å². The summed E-state index contributed by atoms with van der Waals surface area (Å²) in [6, 6.07) is 6.01. The Bertz CT molecular complexity index is 422. The van der Waals surface area contributed by atoms with E-state index in [9.17, 15) is 0 Å². The lowest BCUT2D eigenvalue weighted by Gasteiger charge is -2.33. The third kappa shape index (κ3) is 3.26. The molecule has 3 unspecified atom stereocenters. The van der Waals surface area contributed by atoms with Crippen LogP contribution in [-0.2, 0) is 15.9 Å². The van der Waals surface area contributed by atoms with E-state index in [0.29, 0.717) is 6.61 Å². The first-order chi connectivity index (χ1) is 9.15. The van der Waals surface area contributed by atoms with Gasteiger partial charge in [-0.05, 0) is 43.0 Å². The lowest BCUT2D eigenvalue weighted by molar-refractivity contribution is -0.0544. The van der Waals surface area contributed by atoms with Gasteiger partial charge in [0, 0.05) is 7.11 Å². The molecule has 4 heteroatoms. The van der Waals surface area contributed by atoms with Gasteiger partial charge in [-0.15, -0.1) is 0 Å². The van der Waals surface area contributed by atoms with E-state index in [-0.39, 0.29) is 18.2 Å². The minimum absolute atomic E-state index is 0.0612. The Balaban J connectivity index is 2.09. The van der Waals surface area contributed by atoms with E-state index < -0.39 is 0 Å². The van der Waals surface area contributed by atoms with Gasteiger partial charge in [0.2, 0.25) is 0 Å². The van der Waals surface area contributed by atoms with Crippen molar-refractivity contribution in [2.45, 2.75) is 38.0 Å². The molecule has 0 saturated heterocycles. The van der Waals surface area contributed by atoms with Crippen molar-refractivity contribution < 1.29 is 14.2 Å². The van der Waals surface area contributed by atoms with Gasteiger partial charge < -0.3 is 19.9 Å². The summed E-state index contributed by atoms with van der Waals surface area (Å²) >= 11 is 0. The molecule has 1 aliphatic carbocycles. The van der Waals surface area contributed by atoms with Gasteiger partial charge in [-0.3, -0.25) is 0 Å². The number of nitrogens with two attached hydrogens (primary N) is 1. The van der Waals surface area contributed by atoms with E-state index in [2.05, 4.69) is 12.1 Å². The number of ether oxygens (including phenoxy) is 3. The first-order valence-electron chi connectivity index (χ1n) is 6.72. The number of fused-ring (bicyclic) bond motifs is 1. The second-order valence-corrected chi connectivity index (χ2v) is 5.07. The molecular formula is C15H23NO3. The van der Waals surface area contributed by atoms with E-state index in [0.717, 1.165) is 18.6 Å². The van der Waals surface area contributed by atoms with Gasteiger partial charge in [0.05, 0.1) is 32.0 Å². The topological polar surface area (TPSA) is 53.7 Å². The zero-order chi connectivity index (χ0) is 13.8. The Morgan fingerprint density at radius 2 is 2.16 bits per heavy atom. The molecule has 19 heavy (non-hydrogen) atoms. The SMILES string of the molecule is COCC(C)OC1CCc2cc(OC)ccc2C1N. The van der Waals surface area contributed by atoms with E-state index in [1.807, 2.05) is 13.0 Å².